The molecule has 0 bridgehead atoms. The Kier molecular flexibility index (Phi) is 7.28. The van der Waals surface area contributed by atoms with Crippen LogP contribution in [0.2, 0.25) is 0 Å². The van der Waals surface area contributed by atoms with Crippen molar-refractivity contribution < 1.29 is 17.9 Å². The van der Waals surface area contributed by atoms with Gasteiger partial charge in [0.2, 0.25) is 0 Å². The number of ether oxygens (including phenoxy) is 2. The van der Waals surface area contributed by atoms with E-state index >= 15 is 0 Å². The highest BCUT2D eigenvalue weighted by molar-refractivity contribution is 7.90. The zero-order chi connectivity index (χ0) is 25.2. The van der Waals surface area contributed by atoms with E-state index < -0.39 is 9.84 Å². The van der Waals surface area contributed by atoms with Gasteiger partial charge >= 0.3 is 0 Å². The number of sulfone groups is 1. The number of nitrogens with zero attached hydrogens (tertiary/aromatic N) is 2. The quantitative estimate of drug-likeness (QED) is 0.320. The standard InChI is InChI=1S/C26H29N3O4S2/c1-16(27-26-20-14-22(32-3)23(33-4)15-21(20)28-17(2)29-26)24-10-11-25(34-24)19-8-6-18(7-9-19)12-13-35(5,30)31/h6-11,14-16H,12-13H2,1-5H3,(H,27,28,29)/t16-/m0/s1. The van der Waals surface area contributed by atoms with Crippen LogP contribution in [0.5, 0.6) is 11.5 Å². The first-order valence-electron chi connectivity index (χ1n) is 11.2. The van der Waals surface area contributed by atoms with Crippen LogP contribution in [-0.4, -0.2) is 44.6 Å². The second-order valence-corrected chi connectivity index (χ2v) is 11.9. The molecule has 0 spiro atoms. The fourth-order valence-corrected chi connectivity index (χ4v) is 5.46. The summed E-state index contributed by atoms with van der Waals surface area (Å²) in [5.41, 5.74) is 2.91. The maximum absolute atomic E-state index is 11.4. The molecule has 4 aromatic rings. The van der Waals surface area contributed by atoms with Crippen molar-refractivity contribution >= 4 is 37.9 Å². The van der Waals surface area contributed by atoms with Gasteiger partial charge in [0, 0.05) is 27.5 Å². The van der Waals surface area contributed by atoms with Gasteiger partial charge in [0.1, 0.15) is 21.5 Å². The summed E-state index contributed by atoms with van der Waals surface area (Å²) in [6.07, 6.45) is 1.79. The maximum Gasteiger partial charge on any atom is 0.162 e. The summed E-state index contributed by atoms with van der Waals surface area (Å²) in [4.78, 5) is 11.5. The van der Waals surface area contributed by atoms with E-state index in [2.05, 4.69) is 34.3 Å². The van der Waals surface area contributed by atoms with Gasteiger partial charge in [-0.25, -0.2) is 18.4 Å². The van der Waals surface area contributed by atoms with E-state index in [0.717, 1.165) is 32.7 Å². The zero-order valence-corrected chi connectivity index (χ0v) is 22.1. The van der Waals surface area contributed by atoms with Crippen LogP contribution in [0, 0.1) is 6.92 Å². The Balaban J connectivity index is 1.55. The SMILES string of the molecule is COc1cc2nc(C)nc(N[C@@H](C)c3ccc(-c4ccc(CCS(C)(=O)=O)cc4)s3)c2cc1OC. The predicted octanol–water partition coefficient (Wildman–Crippen LogP) is 5.44. The van der Waals surface area contributed by atoms with Crippen LogP contribution in [0.3, 0.4) is 0 Å². The van der Waals surface area contributed by atoms with Crippen molar-refractivity contribution in [2.45, 2.75) is 26.3 Å². The number of rotatable bonds is 9. The van der Waals surface area contributed by atoms with Gasteiger partial charge < -0.3 is 14.8 Å². The van der Waals surface area contributed by atoms with Gasteiger partial charge in [0.05, 0.1) is 31.5 Å². The average molecular weight is 512 g/mol. The normalized spacial score (nSPS) is 12.5. The van der Waals surface area contributed by atoms with Crippen LogP contribution in [-0.2, 0) is 16.3 Å². The summed E-state index contributed by atoms with van der Waals surface area (Å²) < 4.78 is 33.7. The number of hydrogen-bond donors (Lipinski definition) is 1. The van der Waals surface area contributed by atoms with Gasteiger partial charge in [-0.15, -0.1) is 11.3 Å². The highest BCUT2D eigenvalue weighted by Crippen LogP contribution is 2.37. The number of fused-ring (bicyclic) bond motifs is 1. The number of methoxy groups -OCH3 is 2. The first kappa shape index (κ1) is 24.9. The molecule has 0 fully saturated rings. The molecule has 0 aliphatic rings. The molecule has 1 N–H and O–H groups in total. The lowest BCUT2D eigenvalue weighted by Crippen LogP contribution is -2.08. The van der Waals surface area contributed by atoms with Crippen LogP contribution >= 0.6 is 11.3 Å². The summed E-state index contributed by atoms with van der Waals surface area (Å²) in [6, 6.07) is 16.1. The number of benzene rings is 2. The third kappa shape index (κ3) is 5.91. The van der Waals surface area contributed by atoms with Crippen molar-refractivity contribution in [1.29, 1.82) is 0 Å². The molecule has 2 aromatic carbocycles. The molecular weight excluding hydrogens is 482 g/mol. The fourth-order valence-electron chi connectivity index (χ4n) is 3.84. The van der Waals surface area contributed by atoms with Crippen molar-refractivity contribution in [3.8, 4) is 21.9 Å². The van der Waals surface area contributed by atoms with Gasteiger partial charge in [0.15, 0.2) is 11.5 Å². The molecule has 0 saturated carbocycles. The lowest BCUT2D eigenvalue weighted by molar-refractivity contribution is 0.356. The summed E-state index contributed by atoms with van der Waals surface area (Å²) in [7, 11) is 0.251. The van der Waals surface area contributed by atoms with Crippen molar-refractivity contribution in [2.24, 2.45) is 0 Å². The molecule has 0 amide bonds. The van der Waals surface area contributed by atoms with Crippen LogP contribution < -0.4 is 14.8 Å². The number of hydrogen-bond acceptors (Lipinski definition) is 8. The van der Waals surface area contributed by atoms with Crippen LogP contribution in [0.25, 0.3) is 21.3 Å². The highest BCUT2D eigenvalue weighted by atomic mass is 32.2. The van der Waals surface area contributed by atoms with Gasteiger partial charge in [0.25, 0.3) is 0 Å². The third-order valence-corrected chi connectivity index (χ3v) is 7.98. The second-order valence-electron chi connectivity index (χ2n) is 8.49. The van der Waals surface area contributed by atoms with E-state index in [1.165, 1.54) is 11.1 Å². The molecule has 4 rings (SSSR count). The van der Waals surface area contributed by atoms with Crippen molar-refractivity contribution in [3.63, 3.8) is 0 Å². The Morgan fingerprint density at radius 1 is 1.00 bits per heavy atom. The van der Waals surface area contributed by atoms with Gasteiger partial charge in [-0.3, -0.25) is 0 Å². The number of thiophene rings is 1. The van der Waals surface area contributed by atoms with Crippen molar-refractivity contribution in [1.82, 2.24) is 9.97 Å². The molecule has 0 radical (unpaired) electrons. The van der Waals surface area contributed by atoms with E-state index in [1.807, 2.05) is 43.3 Å². The molecule has 9 heteroatoms. The summed E-state index contributed by atoms with van der Waals surface area (Å²) in [6.45, 7) is 3.97. The number of nitrogens with one attached hydrogen (secondary N) is 1. The van der Waals surface area contributed by atoms with E-state index in [4.69, 9.17) is 9.47 Å². The fraction of sp³-hybridized carbons (Fsp3) is 0.308. The minimum atomic E-state index is -2.97. The third-order valence-electron chi connectivity index (χ3n) is 5.72. The molecular formula is C26H29N3O4S2. The minimum absolute atomic E-state index is 0.0216. The summed E-state index contributed by atoms with van der Waals surface area (Å²) in [5.74, 6) is 2.83. The average Bonchev–Trinajstić information content (AvgIpc) is 3.32. The molecule has 35 heavy (non-hydrogen) atoms. The Bertz CT molecular complexity index is 1450. The Hall–Kier alpha value is -3.17. The Labute approximate surface area is 210 Å². The lowest BCUT2D eigenvalue weighted by Gasteiger charge is -2.16. The molecule has 1 atom stereocenters. The van der Waals surface area contributed by atoms with E-state index in [0.29, 0.717) is 23.7 Å². The Morgan fingerprint density at radius 3 is 2.34 bits per heavy atom. The van der Waals surface area contributed by atoms with Crippen LogP contribution in [0.4, 0.5) is 5.82 Å². The molecule has 0 aliphatic carbocycles. The van der Waals surface area contributed by atoms with E-state index in [9.17, 15) is 8.42 Å². The molecule has 2 aromatic heterocycles. The molecule has 184 valence electrons. The first-order chi connectivity index (χ1) is 16.7. The van der Waals surface area contributed by atoms with Crippen LogP contribution in [0.1, 0.15) is 29.2 Å². The lowest BCUT2D eigenvalue weighted by atomic mass is 10.1. The smallest absolute Gasteiger partial charge is 0.162 e. The topological polar surface area (TPSA) is 90.4 Å². The first-order valence-corrected chi connectivity index (χ1v) is 14.1. The summed E-state index contributed by atoms with van der Waals surface area (Å²) in [5, 5.41) is 4.40. The molecule has 7 nitrogen and oxygen atoms in total. The molecule has 2 heterocycles. The molecule has 0 unspecified atom stereocenters. The minimum Gasteiger partial charge on any atom is -0.493 e. The van der Waals surface area contributed by atoms with Gasteiger partial charge in [-0.05, 0) is 49.6 Å². The monoisotopic (exact) mass is 511 g/mol. The Morgan fingerprint density at radius 2 is 1.69 bits per heavy atom. The number of aryl methyl sites for hydroxylation is 2. The molecule has 0 aliphatic heterocycles. The van der Waals surface area contributed by atoms with E-state index in [1.54, 1.807) is 25.6 Å². The van der Waals surface area contributed by atoms with Gasteiger partial charge in [-0.2, -0.15) is 0 Å². The van der Waals surface area contributed by atoms with E-state index in [-0.39, 0.29) is 11.8 Å². The van der Waals surface area contributed by atoms with Crippen LogP contribution in [0.15, 0.2) is 48.5 Å². The van der Waals surface area contributed by atoms with Crippen molar-refractivity contribution in [2.75, 3.05) is 31.5 Å². The number of anilines is 1. The number of aromatic nitrogens is 2. The second kappa shape index (κ2) is 10.2. The van der Waals surface area contributed by atoms with Gasteiger partial charge in [-0.1, -0.05) is 24.3 Å². The summed E-state index contributed by atoms with van der Waals surface area (Å²) >= 11 is 1.71. The van der Waals surface area contributed by atoms with Crippen molar-refractivity contribution in [3.05, 3.63) is 64.8 Å². The predicted molar refractivity (Wildman–Crippen MR) is 143 cm³/mol. The largest absolute Gasteiger partial charge is 0.493 e. The highest BCUT2D eigenvalue weighted by Gasteiger charge is 2.16. The molecule has 0 saturated heterocycles. The maximum atomic E-state index is 11.4. The zero-order valence-electron chi connectivity index (χ0n) is 20.5.